The van der Waals surface area contributed by atoms with E-state index in [1.807, 2.05) is 75.1 Å². The zero-order valence-corrected chi connectivity index (χ0v) is 20.8. The molecule has 7 heteroatoms. The Hall–Kier alpha value is -3.25. The zero-order chi connectivity index (χ0) is 24.5. The van der Waals surface area contributed by atoms with E-state index >= 15 is 0 Å². The van der Waals surface area contributed by atoms with Crippen LogP contribution in [-0.4, -0.2) is 42.9 Å². The van der Waals surface area contributed by atoms with Crippen LogP contribution in [0.25, 0.3) is 11.3 Å². The first-order chi connectivity index (χ1) is 16.1. The predicted octanol–water partition coefficient (Wildman–Crippen LogP) is 5.86. The predicted molar refractivity (Wildman–Crippen MR) is 137 cm³/mol. The Labute approximate surface area is 205 Å². The number of piperazine rings is 1. The molecule has 1 aliphatic rings. The highest BCUT2D eigenvalue weighted by Gasteiger charge is 2.29. The van der Waals surface area contributed by atoms with E-state index in [0.717, 1.165) is 29.9 Å². The smallest absolute Gasteiger partial charge is 0.291 e. The molecule has 1 saturated heterocycles. The van der Waals surface area contributed by atoms with Gasteiger partial charge < -0.3 is 19.5 Å². The van der Waals surface area contributed by atoms with Gasteiger partial charge in [0.2, 0.25) is 5.91 Å². The maximum absolute atomic E-state index is 12.7. The number of carbonyl (C=O) groups excluding carboxylic acids is 2. The number of benzene rings is 2. The molecule has 3 aromatic rings. The Morgan fingerprint density at radius 2 is 1.62 bits per heavy atom. The minimum atomic E-state index is -0.357. The second-order valence-corrected chi connectivity index (χ2v) is 10.1. The van der Waals surface area contributed by atoms with E-state index in [1.54, 1.807) is 12.1 Å². The highest BCUT2D eigenvalue weighted by molar-refractivity contribution is 6.31. The van der Waals surface area contributed by atoms with E-state index in [9.17, 15) is 9.59 Å². The van der Waals surface area contributed by atoms with Crippen LogP contribution in [0.1, 0.15) is 36.9 Å². The monoisotopic (exact) mass is 479 g/mol. The third kappa shape index (κ3) is 5.28. The van der Waals surface area contributed by atoms with Crippen LogP contribution in [0.15, 0.2) is 59.0 Å². The van der Waals surface area contributed by atoms with Gasteiger partial charge in [0.05, 0.1) is 0 Å². The van der Waals surface area contributed by atoms with E-state index in [4.69, 9.17) is 16.0 Å². The zero-order valence-electron chi connectivity index (χ0n) is 20.0. The van der Waals surface area contributed by atoms with Crippen molar-refractivity contribution in [3.63, 3.8) is 0 Å². The summed E-state index contributed by atoms with van der Waals surface area (Å²) in [6.45, 7) is 10.8. The summed E-state index contributed by atoms with van der Waals surface area (Å²) in [6.07, 6.45) is 0. The number of nitrogens with one attached hydrogen (secondary N) is 1. The molecule has 1 N–H and O–H groups in total. The Morgan fingerprint density at radius 3 is 2.24 bits per heavy atom. The lowest BCUT2D eigenvalue weighted by molar-refractivity contribution is -0.139. The number of anilines is 2. The first-order valence-corrected chi connectivity index (χ1v) is 11.8. The highest BCUT2D eigenvalue weighted by Crippen LogP contribution is 2.28. The van der Waals surface area contributed by atoms with Crippen molar-refractivity contribution < 1.29 is 14.0 Å². The molecule has 1 aromatic heterocycles. The molecule has 0 aliphatic carbocycles. The molecule has 0 atom stereocenters. The van der Waals surface area contributed by atoms with Crippen molar-refractivity contribution in [1.82, 2.24) is 4.90 Å². The van der Waals surface area contributed by atoms with Gasteiger partial charge in [-0.25, -0.2) is 0 Å². The van der Waals surface area contributed by atoms with Gasteiger partial charge >= 0.3 is 0 Å². The maximum atomic E-state index is 12.7. The van der Waals surface area contributed by atoms with Crippen molar-refractivity contribution in [1.29, 1.82) is 0 Å². The molecule has 2 heterocycles. The van der Waals surface area contributed by atoms with E-state index in [2.05, 4.69) is 10.2 Å². The third-order valence-corrected chi connectivity index (χ3v) is 6.39. The number of aryl methyl sites for hydroxylation is 1. The van der Waals surface area contributed by atoms with Crippen molar-refractivity contribution in [2.24, 2.45) is 5.41 Å². The van der Waals surface area contributed by atoms with Gasteiger partial charge in [0.15, 0.2) is 5.76 Å². The third-order valence-electron chi connectivity index (χ3n) is 5.98. The van der Waals surface area contributed by atoms with Gasteiger partial charge in [0, 0.05) is 53.6 Å². The van der Waals surface area contributed by atoms with Crippen LogP contribution < -0.4 is 10.2 Å². The van der Waals surface area contributed by atoms with Crippen LogP contribution in [0.5, 0.6) is 0 Å². The van der Waals surface area contributed by atoms with E-state index < -0.39 is 0 Å². The Bertz CT molecular complexity index is 1190. The van der Waals surface area contributed by atoms with E-state index in [0.29, 0.717) is 29.6 Å². The first-order valence-electron chi connectivity index (χ1n) is 11.4. The number of hydrogen-bond donors (Lipinski definition) is 1. The Morgan fingerprint density at radius 1 is 0.941 bits per heavy atom. The first kappa shape index (κ1) is 23.9. The maximum Gasteiger partial charge on any atom is 0.291 e. The van der Waals surface area contributed by atoms with Gasteiger partial charge in [-0.1, -0.05) is 44.5 Å². The fraction of sp³-hybridized carbons (Fsp3) is 0.333. The second-order valence-electron chi connectivity index (χ2n) is 9.66. The molecule has 0 unspecified atom stereocenters. The SMILES string of the molecule is Cc1ccc(-c2ccc(C(=O)Nc3ccc(N4CCN(C(=O)C(C)(C)C)CC4)cc3)o2)cc1Cl. The molecule has 0 bridgehead atoms. The number of amides is 2. The number of halogens is 1. The summed E-state index contributed by atoms with van der Waals surface area (Å²) in [5.41, 5.74) is 3.20. The van der Waals surface area contributed by atoms with Crippen LogP contribution in [0.3, 0.4) is 0 Å². The number of carbonyl (C=O) groups is 2. The number of furan rings is 1. The Kier molecular flexibility index (Phi) is 6.71. The van der Waals surface area contributed by atoms with Crippen LogP contribution in [0, 0.1) is 12.3 Å². The average molecular weight is 480 g/mol. The summed E-state index contributed by atoms with van der Waals surface area (Å²) in [6, 6.07) is 16.8. The van der Waals surface area contributed by atoms with Crippen molar-refractivity contribution >= 4 is 34.8 Å². The summed E-state index contributed by atoms with van der Waals surface area (Å²) in [7, 11) is 0. The fourth-order valence-electron chi connectivity index (χ4n) is 3.95. The van der Waals surface area contributed by atoms with Crippen molar-refractivity contribution in [2.75, 3.05) is 36.4 Å². The van der Waals surface area contributed by atoms with E-state index in [1.165, 1.54) is 0 Å². The number of hydrogen-bond acceptors (Lipinski definition) is 4. The Balaban J connectivity index is 1.35. The molecule has 0 spiro atoms. The van der Waals surface area contributed by atoms with Gasteiger partial charge in [0.1, 0.15) is 5.76 Å². The quantitative estimate of drug-likeness (QED) is 0.509. The number of rotatable bonds is 4. The summed E-state index contributed by atoms with van der Waals surface area (Å²) >= 11 is 6.21. The van der Waals surface area contributed by atoms with Gasteiger partial charge in [-0.15, -0.1) is 0 Å². The minimum Gasteiger partial charge on any atom is -0.451 e. The summed E-state index contributed by atoms with van der Waals surface area (Å²) in [5.74, 6) is 0.699. The summed E-state index contributed by atoms with van der Waals surface area (Å²) < 4.78 is 5.76. The van der Waals surface area contributed by atoms with Crippen molar-refractivity contribution in [3.8, 4) is 11.3 Å². The largest absolute Gasteiger partial charge is 0.451 e. The molecular formula is C27H30ClN3O3. The van der Waals surface area contributed by atoms with Gasteiger partial charge in [-0.05, 0) is 55.0 Å². The molecule has 178 valence electrons. The standard InChI is InChI=1S/C27H30ClN3O3/c1-18-5-6-19(17-22(18)28)23-11-12-24(34-23)25(32)29-20-7-9-21(10-8-20)30-13-15-31(16-14-30)26(33)27(2,3)4/h5-12,17H,13-16H2,1-4H3,(H,29,32). The molecule has 2 aromatic carbocycles. The fourth-order valence-corrected chi connectivity index (χ4v) is 4.13. The lowest BCUT2D eigenvalue weighted by Gasteiger charge is -2.38. The molecule has 1 aliphatic heterocycles. The normalized spacial score (nSPS) is 14.3. The van der Waals surface area contributed by atoms with Gasteiger partial charge in [-0.2, -0.15) is 0 Å². The van der Waals surface area contributed by atoms with Crippen LogP contribution >= 0.6 is 11.6 Å². The summed E-state index contributed by atoms with van der Waals surface area (Å²) in [5, 5.41) is 3.54. The topological polar surface area (TPSA) is 65.8 Å². The molecule has 4 rings (SSSR count). The molecule has 2 amide bonds. The van der Waals surface area contributed by atoms with Crippen LogP contribution in [-0.2, 0) is 4.79 Å². The minimum absolute atomic E-state index is 0.191. The average Bonchev–Trinajstić information content (AvgIpc) is 3.31. The van der Waals surface area contributed by atoms with Crippen molar-refractivity contribution in [3.05, 3.63) is 70.9 Å². The van der Waals surface area contributed by atoms with E-state index in [-0.39, 0.29) is 23.0 Å². The highest BCUT2D eigenvalue weighted by atomic mass is 35.5. The molecule has 1 fully saturated rings. The van der Waals surface area contributed by atoms with Crippen molar-refractivity contribution in [2.45, 2.75) is 27.7 Å². The molecule has 6 nitrogen and oxygen atoms in total. The van der Waals surface area contributed by atoms with Gasteiger partial charge in [0.25, 0.3) is 5.91 Å². The molecular weight excluding hydrogens is 450 g/mol. The van der Waals surface area contributed by atoms with Crippen LogP contribution in [0.4, 0.5) is 11.4 Å². The van der Waals surface area contributed by atoms with Crippen LogP contribution in [0.2, 0.25) is 5.02 Å². The lowest BCUT2D eigenvalue weighted by Crippen LogP contribution is -2.51. The molecule has 0 saturated carbocycles. The van der Waals surface area contributed by atoms with Gasteiger partial charge in [-0.3, -0.25) is 9.59 Å². The number of nitrogens with zero attached hydrogens (tertiary/aromatic N) is 2. The molecule has 0 radical (unpaired) electrons. The lowest BCUT2D eigenvalue weighted by atomic mass is 9.94. The molecule has 34 heavy (non-hydrogen) atoms. The summed E-state index contributed by atoms with van der Waals surface area (Å²) in [4.78, 5) is 29.4. The second kappa shape index (κ2) is 9.55.